The molecule has 112 valence electrons. The van der Waals surface area contributed by atoms with E-state index in [0.29, 0.717) is 0 Å². The van der Waals surface area contributed by atoms with Crippen LogP contribution in [0.4, 0.5) is 0 Å². The van der Waals surface area contributed by atoms with Crippen molar-refractivity contribution in [2.24, 2.45) is 0 Å². The maximum Gasteiger partial charge on any atom is 0.242 e. The fourth-order valence-corrected chi connectivity index (χ4v) is 2.86. The highest BCUT2D eigenvalue weighted by atomic mass is 32.2. The fourth-order valence-electron chi connectivity index (χ4n) is 1.88. The minimum atomic E-state index is -3.57. The third-order valence-electron chi connectivity index (χ3n) is 3.05. The topological polar surface area (TPSA) is 85.1 Å². The zero-order chi connectivity index (χ0) is 15.4. The molecule has 1 N–H and O–H groups in total. The molecule has 3 rings (SSSR count). The van der Waals surface area contributed by atoms with Crippen LogP contribution in [-0.2, 0) is 16.6 Å². The third-order valence-corrected chi connectivity index (χ3v) is 4.44. The zero-order valence-electron chi connectivity index (χ0n) is 11.5. The lowest BCUT2D eigenvalue weighted by Gasteiger charge is -2.06. The Morgan fingerprint density at radius 2 is 2.05 bits per heavy atom. The van der Waals surface area contributed by atoms with Gasteiger partial charge in [0.05, 0.1) is 18.2 Å². The van der Waals surface area contributed by atoms with E-state index in [1.165, 1.54) is 18.5 Å². The van der Waals surface area contributed by atoms with Gasteiger partial charge in [-0.3, -0.25) is 9.97 Å². The molecule has 22 heavy (non-hydrogen) atoms. The van der Waals surface area contributed by atoms with E-state index in [1.54, 1.807) is 24.8 Å². The molecule has 0 spiro atoms. The lowest BCUT2D eigenvalue weighted by Crippen LogP contribution is -2.23. The summed E-state index contributed by atoms with van der Waals surface area (Å²) in [4.78, 5) is 8.23. The Balaban J connectivity index is 1.69. The first kappa shape index (κ1) is 14.4. The highest BCUT2D eigenvalue weighted by Gasteiger charge is 2.13. The number of aromatic nitrogens is 2. The van der Waals surface area contributed by atoms with Crippen LogP contribution in [0.5, 0.6) is 0 Å². The van der Waals surface area contributed by atoms with Crippen LogP contribution in [0.3, 0.4) is 0 Å². The second-order valence-corrected chi connectivity index (χ2v) is 6.34. The molecule has 0 saturated carbocycles. The van der Waals surface area contributed by atoms with Gasteiger partial charge >= 0.3 is 0 Å². The van der Waals surface area contributed by atoms with Crippen LogP contribution in [0.15, 0.2) is 70.8 Å². The number of nitrogens with zero attached hydrogens (tertiary/aromatic N) is 2. The normalized spacial score (nSPS) is 11.5. The van der Waals surface area contributed by atoms with E-state index in [9.17, 15) is 8.42 Å². The predicted octanol–water partition coefficient (Wildman–Crippen LogP) is 2.22. The van der Waals surface area contributed by atoms with E-state index in [1.807, 2.05) is 18.2 Å². The van der Waals surface area contributed by atoms with Crippen molar-refractivity contribution in [2.45, 2.75) is 11.4 Å². The van der Waals surface area contributed by atoms with Gasteiger partial charge in [-0.05, 0) is 29.8 Å². The number of sulfonamides is 1. The summed E-state index contributed by atoms with van der Waals surface area (Å²) >= 11 is 0. The fraction of sp³-hybridized carbons (Fsp3) is 0.0667. The average molecular weight is 315 g/mol. The molecule has 3 aromatic rings. The van der Waals surface area contributed by atoms with E-state index in [2.05, 4.69) is 14.7 Å². The Hall–Kier alpha value is -2.51. The number of nitrogens with one attached hydrogen (secondary N) is 1. The highest BCUT2D eigenvalue weighted by molar-refractivity contribution is 7.89. The predicted molar refractivity (Wildman–Crippen MR) is 80.2 cm³/mol. The molecular formula is C15H13N3O3S. The number of hydrogen-bond donors (Lipinski definition) is 1. The van der Waals surface area contributed by atoms with Gasteiger partial charge in [0.2, 0.25) is 10.0 Å². The molecule has 0 radical (unpaired) electrons. The smallest absolute Gasteiger partial charge is 0.242 e. The van der Waals surface area contributed by atoms with Gasteiger partial charge in [-0.1, -0.05) is 6.07 Å². The summed E-state index contributed by atoms with van der Waals surface area (Å²) in [5, 5.41) is 0. The Bertz CT molecular complexity index is 830. The van der Waals surface area contributed by atoms with Crippen LogP contribution >= 0.6 is 0 Å². The monoisotopic (exact) mass is 315 g/mol. The number of pyridine rings is 2. The first-order valence-corrected chi connectivity index (χ1v) is 8.01. The average Bonchev–Trinajstić information content (AvgIpc) is 3.09. The quantitative estimate of drug-likeness (QED) is 0.780. The minimum absolute atomic E-state index is 0.137. The van der Waals surface area contributed by atoms with Crippen molar-refractivity contribution in [2.75, 3.05) is 0 Å². The Morgan fingerprint density at radius 1 is 1.14 bits per heavy atom. The molecule has 0 bridgehead atoms. The highest BCUT2D eigenvalue weighted by Crippen LogP contribution is 2.17. The van der Waals surface area contributed by atoms with E-state index >= 15 is 0 Å². The SMILES string of the molecule is O=S(=O)(NCc1ccc(-c2ccoc2)nc1)c1cccnc1. The molecule has 0 aromatic carbocycles. The molecule has 0 aliphatic heterocycles. The lowest BCUT2D eigenvalue weighted by molar-refractivity contribution is 0.568. The van der Waals surface area contributed by atoms with Gasteiger partial charge in [0, 0.05) is 30.7 Å². The van der Waals surface area contributed by atoms with Gasteiger partial charge in [0.1, 0.15) is 4.90 Å². The summed E-state index contributed by atoms with van der Waals surface area (Å²) in [6.07, 6.45) is 7.65. The lowest BCUT2D eigenvalue weighted by atomic mass is 10.2. The van der Waals surface area contributed by atoms with Gasteiger partial charge in [-0.2, -0.15) is 0 Å². The summed E-state index contributed by atoms with van der Waals surface area (Å²) in [7, 11) is -3.57. The zero-order valence-corrected chi connectivity index (χ0v) is 12.3. The molecule has 0 aliphatic rings. The van der Waals surface area contributed by atoms with Crippen molar-refractivity contribution < 1.29 is 12.8 Å². The maximum atomic E-state index is 12.1. The van der Waals surface area contributed by atoms with E-state index < -0.39 is 10.0 Å². The van der Waals surface area contributed by atoms with Crippen LogP contribution in [-0.4, -0.2) is 18.4 Å². The summed E-state index contributed by atoms with van der Waals surface area (Å²) < 4.78 is 31.7. The number of rotatable bonds is 5. The maximum absolute atomic E-state index is 12.1. The molecule has 7 heteroatoms. The molecule has 6 nitrogen and oxygen atoms in total. The Kier molecular flexibility index (Phi) is 3.99. The Morgan fingerprint density at radius 3 is 2.68 bits per heavy atom. The first-order chi connectivity index (χ1) is 10.6. The molecule has 0 amide bonds. The summed E-state index contributed by atoms with van der Waals surface area (Å²) in [6.45, 7) is 0.163. The molecular weight excluding hydrogens is 302 g/mol. The van der Waals surface area contributed by atoms with Crippen molar-refractivity contribution in [1.29, 1.82) is 0 Å². The van der Waals surface area contributed by atoms with Crippen LogP contribution in [0.25, 0.3) is 11.3 Å². The third kappa shape index (κ3) is 3.21. The van der Waals surface area contributed by atoms with Crippen LogP contribution < -0.4 is 4.72 Å². The van der Waals surface area contributed by atoms with E-state index in [4.69, 9.17) is 4.42 Å². The number of furan rings is 1. The second-order valence-electron chi connectivity index (χ2n) is 4.58. The van der Waals surface area contributed by atoms with E-state index in [-0.39, 0.29) is 11.4 Å². The van der Waals surface area contributed by atoms with Gasteiger partial charge < -0.3 is 4.42 Å². The van der Waals surface area contributed by atoms with Crippen molar-refractivity contribution in [3.8, 4) is 11.3 Å². The van der Waals surface area contributed by atoms with Crippen LogP contribution in [0, 0.1) is 0 Å². The van der Waals surface area contributed by atoms with E-state index in [0.717, 1.165) is 16.8 Å². The summed E-state index contributed by atoms with van der Waals surface area (Å²) in [5.41, 5.74) is 2.41. The van der Waals surface area contributed by atoms with Crippen molar-refractivity contribution >= 4 is 10.0 Å². The molecule has 3 heterocycles. The summed E-state index contributed by atoms with van der Waals surface area (Å²) in [6, 6.07) is 8.53. The minimum Gasteiger partial charge on any atom is -0.472 e. The Labute approximate surface area is 127 Å². The van der Waals surface area contributed by atoms with Gasteiger partial charge in [0.25, 0.3) is 0 Å². The first-order valence-electron chi connectivity index (χ1n) is 6.52. The largest absolute Gasteiger partial charge is 0.472 e. The van der Waals surface area contributed by atoms with Gasteiger partial charge in [0.15, 0.2) is 0 Å². The molecule has 0 saturated heterocycles. The number of hydrogen-bond acceptors (Lipinski definition) is 5. The molecule has 0 aliphatic carbocycles. The van der Waals surface area contributed by atoms with Crippen LogP contribution in [0.2, 0.25) is 0 Å². The molecule has 0 atom stereocenters. The van der Waals surface area contributed by atoms with Crippen LogP contribution in [0.1, 0.15) is 5.56 Å². The second kappa shape index (κ2) is 6.08. The van der Waals surface area contributed by atoms with Crippen molar-refractivity contribution in [1.82, 2.24) is 14.7 Å². The van der Waals surface area contributed by atoms with Gasteiger partial charge in [-0.25, -0.2) is 13.1 Å². The molecule has 3 aromatic heterocycles. The van der Waals surface area contributed by atoms with Crippen molar-refractivity contribution in [3.63, 3.8) is 0 Å². The van der Waals surface area contributed by atoms with Gasteiger partial charge in [-0.15, -0.1) is 0 Å². The molecule has 0 fully saturated rings. The summed E-state index contributed by atoms with van der Waals surface area (Å²) in [5.74, 6) is 0. The molecule has 0 unspecified atom stereocenters. The van der Waals surface area contributed by atoms with Crippen molar-refractivity contribution in [3.05, 3.63) is 67.0 Å². The standard InChI is InChI=1S/C15H13N3O3S/c19-22(20,14-2-1-6-16-10-14)18-9-12-3-4-15(17-8-12)13-5-7-21-11-13/h1-8,10-11,18H,9H2.